The second-order valence-corrected chi connectivity index (χ2v) is 6.38. The second-order valence-electron chi connectivity index (χ2n) is 6.38. The molecule has 0 bridgehead atoms. The van der Waals surface area contributed by atoms with Gasteiger partial charge in [-0.15, -0.1) is 10.2 Å². The number of hydrogen-bond acceptors (Lipinski definition) is 7. The maximum absolute atomic E-state index is 12.6. The predicted octanol–water partition coefficient (Wildman–Crippen LogP) is 1.75. The Morgan fingerprint density at radius 3 is 2.54 bits per heavy atom. The van der Waals surface area contributed by atoms with E-state index in [9.17, 15) is 4.79 Å². The number of carbonyl (C=O) groups excluding carboxylic acids is 1. The van der Waals surface area contributed by atoms with Crippen molar-refractivity contribution in [2.24, 2.45) is 0 Å². The van der Waals surface area contributed by atoms with Crippen molar-refractivity contribution in [2.75, 3.05) is 20.2 Å². The molecule has 28 heavy (non-hydrogen) atoms. The number of methoxy groups -OCH3 is 1. The highest BCUT2D eigenvalue weighted by Gasteiger charge is 2.25. The van der Waals surface area contributed by atoms with Crippen molar-refractivity contribution in [2.45, 2.75) is 18.9 Å². The topological polar surface area (TPSA) is 95.3 Å². The fourth-order valence-electron chi connectivity index (χ4n) is 3.06. The van der Waals surface area contributed by atoms with E-state index in [1.165, 1.54) is 0 Å². The van der Waals surface area contributed by atoms with E-state index in [1.54, 1.807) is 48.6 Å². The first kappa shape index (κ1) is 17.9. The van der Waals surface area contributed by atoms with Gasteiger partial charge in [-0.1, -0.05) is 0 Å². The molecular formula is C19H20N6O3. The maximum Gasteiger partial charge on any atom is 0.255 e. The van der Waals surface area contributed by atoms with Gasteiger partial charge in [0.05, 0.1) is 12.7 Å². The van der Waals surface area contributed by atoms with Gasteiger partial charge < -0.3 is 14.4 Å². The Balaban J connectivity index is 1.30. The van der Waals surface area contributed by atoms with Gasteiger partial charge in [0.25, 0.3) is 5.91 Å². The van der Waals surface area contributed by atoms with Gasteiger partial charge in [0, 0.05) is 56.7 Å². The summed E-state index contributed by atoms with van der Waals surface area (Å²) in [6.07, 6.45) is 6.50. The van der Waals surface area contributed by atoms with Crippen LogP contribution in [0, 0.1) is 0 Å². The van der Waals surface area contributed by atoms with Crippen LogP contribution in [0.15, 0.2) is 48.9 Å². The van der Waals surface area contributed by atoms with Crippen LogP contribution in [0.2, 0.25) is 0 Å². The Kier molecular flexibility index (Phi) is 5.14. The first-order valence-corrected chi connectivity index (χ1v) is 9.02. The van der Waals surface area contributed by atoms with E-state index >= 15 is 0 Å². The largest absolute Gasteiger partial charge is 0.481 e. The number of ether oxygens (including phenoxy) is 2. The van der Waals surface area contributed by atoms with Gasteiger partial charge in [-0.05, 0) is 18.2 Å². The number of aromatic nitrogens is 5. The minimum absolute atomic E-state index is 0.00268. The third-order valence-electron chi connectivity index (χ3n) is 4.57. The molecular weight excluding hydrogens is 360 g/mol. The van der Waals surface area contributed by atoms with E-state index in [2.05, 4.69) is 20.3 Å². The normalized spacial score (nSPS) is 14.7. The summed E-state index contributed by atoms with van der Waals surface area (Å²) >= 11 is 0. The molecule has 1 aliphatic heterocycles. The van der Waals surface area contributed by atoms with Crippen LogP contribution in [0.1, 0.15) is 23.2 Å². The van der Waals surface area contributed by atoms with Crippen LogP contribution >= 0.6 is 0 Å². The summed E-state index contributed by atoms with van der Waals surface area (Å²) in [5, 5.41) is 12.4. The smallest absolute Gasteiger partial charge is 0.255 e. The van der Waals surface area contributed by atoms with Crippen molar-refractivity contribution < 1.29 is 14.3 Å². The highest BCUT2D eigenvalue weighted by Crippen LogP contribution is 2.19. The number of amides is 1. The summed E-state index contributed by atoms with van der Waals surface area (Å²) in [5.74, 6) is 1.56. The van der Waals surface area contributed by atoms with Gasteiger partial charge in [-0.3, -0.25) is 4.79 Å². The van der Waals surface area contributed by atoms with Crippen molar-refractivity contribution in [3.63, 3.8) is 0 Å². The van der Waals surface area contributed by atoms with Crippen molar-refractivity contribution in [1.82, 2.24) is 29.9 Å². The fraction of sp³-hybridized carbons (Fsp3) is 0.316. The Labute approximate surface area is 161 Å². The van der Waals surface area contributed by atoms with Crippen molar-refractivity contribution >= 4 is 5.91 Å². The van der Waals surface area contributed by atoms with Crippen molar-refractivity contribution in [3.05, 3.63) is 54.5 Å². The molecule has 0 saturated carbocycles. The third kappa shape index (κ3) is 3.93. The fourth-order valence-corrected chi connectivity index (χ4v) is 3.06. The number of rotatable bonds is 5. The Morgan fingerprint density at radius 2 is 1.93 bits per heavy atom. The van der Waals surface area contributed by atoms with Crippen LogP contribution < -0.4 is 9.47 Å². The third-order valence-corrected chi connectivity index (χ3v) is 4.57. The van der Waals surface area contributed by atoms with Crippen molar-refractivity contribution in [3.8, 4) is 17.6 Å². The molecule has 0 aromatic carbocycles. The van der Waals surface area contributed by atoms with Crippen LogP contribution in [0.3, 0.4) is 0 Å². The molecule has 0 radical (unpaired) electrons. The van der Waals surface area contributed by atoms with Crippen LogP contribution in [0.5, 0.6) is 11.8 Å². The lowest BCUT2D eigenvalue weighted by molar-refractivity contribution is 0.0585. The lowest BCUT2D eigenvalue weighted by Crippen LogP contribution is -2.41. The standard InChI is InChI=1S/C19H20N6O3/c1-27-17-5-3-14(13-20-17)19(26)24-11-7-15(8-12-24)28-18-6-4-16(22-23-18)25-10-2-9-21-25/h2-6,9-10,13,15H,7-8,11-12H2,1H3. The highest BCUT2D eigenvalue weighted by atomic mass is 16.5. The zero-order valence-corrected chi connectivity index (χ0v) is 15.4. The number of hydrogen-bond donors (Lipinski definition) is 0. The number of piperidine rings is 1. The zero-order valence-electron chi connectivity index (χ0n) is 15.4. The molecule has 9 nitrogen and oxygen atoms in total. The molecule has 9 heteroatoms. The van der Waals surface area contributed by atoms with E-state index in [4.69, 9.17) is 9.47 Å². The zero-order chi connectivity index (χ0) is 19.3. The first-order chi connectivity index (χ1) is 13.7. The summed E-state index contributed by atoms with van der Waals surface area (Å²) in [6, 6.07) is 8.83. The average Bonchev–Trinajstić information content (AvgIpc) is 3.29. The molecule has 0 spiro atoms. The second kappa shape index (κ2) is 8.03. The van der Waals surface area contributed by atoms with Crippen LogP contribution in [-0.2, 0) is 0 Å². The summed E-state index contributed by atoms with van der Waals surface area (Å²) < 4.78 is 12.6. The van der Waals surface area contributed by atoms with Gasteiger partial charge in [0.2, 0.25) is 11.8 Å². The minimum Gasteiger partial charge on any atom is -0.481 e. The van der Waals surface area contributed by atoms with Gasteiger partial charge in [-0.25, -0.2) is 9.67 Å². The molecule has 3 aromatic rings. The summed E-state index contributed by atoms with van der Waals surface area (Å²) in [5.41, 5.74) is 0.556. The van der Waals surface area contributed by atoms with E-state index in [-0.39, 0.29) is 12.0 Å². The molecule has 0 aliphatic carbocycles. The van der Waals surface area contributed by atoms with E-state index in [1.807, 2.05) is 17.0 Å². The molecule has 3 aromatic heterocycles. The molecule has 1 fully saturated rings. The van der Waals surface area contributed by atoms with Gasteiger partial charge >= 0.3 is 0 Å². The van der Waals surface area contributed by atoms with E-state index < -0.39 is 0 Å². The summed E-state index contributed by atoms with van der Waals surface area (Å²) in [7, 11) is 1.55. The summed E-state index contributed by atoms with van der Waals surface area (Å²) in [6.45, 7) is 1.24. The quantitative estimate of drug-likeness (QED) is 0.665. The molecule has 0 unspecified atom stereocenters. The number of likely N-dealkylation sites (tertiary alicyclic amines) is 1. The number of nitrogens with zero attached hydrogens (tertiary/aromatic N) is 6. The highest BCUT2D eigenvalue weighted by molar-refractivity contribution is 5.94. The summed E-state index contributed by atoms with van der Waals surface area (Å²) in [4.78, 5) is 18.5. The van der Waals surface area contributed by atoms with Gasteiger partial charge in [0.15, 0.2) is 5.82 Å². The lowest BCUT2D eigenvalue weighted by atomic mass is 10.1. The van der Waals surface area contributed by atoms with Gasteiger partial charge in [0.1, 0.15) is 6.10 Å². The molecule has 4 heterocycles. The molecule has 0 atom stereocenters. The molecule has 144 valence electrons. The Bertz CT molecular complexity index is 904. The van der Waals surface area contributed by atoms with Crippen LogP contribution in [0.4, 0.5) is 0 Å². The maximum atomic E-state index is 12.6. The van der Waals surface area contributed by atoms with E-state index in [0.717, 1.165) is 12.8 Å². The Morgan fingerprint density at radius 1 is 1.11 bits per heavy atom. The lowest BCUT2D eigenvalue weighted by Gasteiger charge is -2.31. The molecule has 1 saturated heterocycles. The molecule has 1 aliphatic rings. The Hall–Kier alpha value is -3.49. The minimum atomic E-state index is -0.0306. The van der Waals surface area contributed by atoms with Crippen LogP contribution in [-0.4, -0.2) is 62.1 Å². The van der Waals surface area contributed by atoms with E-state index in [0.29, 0.717) is 36.2 Å². The molecule has 1 amide bonds. The monoisotopic (exact) mass is 380 g/mol. The first-order valence-electron chi connectivity index (χ1n) is 9.02. The number of carbonyl (C=O) groups is 1. The predicted molar refractivity (Wildman–Crippen MR) is 99.5 cm³/mol. The van der Waals surface area contributed by atoms with Crippen molar-refractivity contribution in [1.29, 1.82) is 0 Å². The molecule has 4 rings (SSSR count). The number of pyridine rings is 1. The van der Waals surface area contributed by atoms with Gasteiger partial charge in [-0.2, -0.15) is 5.10 Å². The SMILES string of the molecule is COc1ccc(C(=O)N2CCC(Oc3ccc(-n4cccn4)nn3)CC2)cn1. The average molecular weight is 380 g/mol. The molecule has 0 N–H and O–H groups in total. The van der Waals surface area contributed by atoms with Crippen LogP contribution in [0.25, 0.3) is 5.82 Å².